The molecule has 1 atom stereocenters. The maximum Gasteiger partial charge on any atom is 0.242 e. The molecule has 0 radical (unpaired) electrons. The molecule has 0 saturated heterocycles. The van der Waals surface area contributed by atoms with Crippen molar-refractivity contribution in [3.63, 3.8) is 0 Å². The molecule has 1 rings (SSSR count). The van der Waals surface area contributed by atoms with Crippen molar-refractivity contribution in [2.24, 2.45) is 0 Å². The van der Waals surface area contributed by atoms with Gasteiger partial charge in [-0.3, -0.25) is 4.79 Å². The lowest BCUT2D eigenvalue weighted by molar-refractivity contribution is -0.122. The molecule has 19 heavy (non-hydrogen) atoms. The molecular weight excluding hydrogens is 283 g/mol. The highest BCUT2D eigenvalue weighted by atomic mass is 35.5. The van der Waals surface area contributed by atoms with E-state index >= 15 is 0 Å². The molecule has 1 amide bonds. The number of hydrogen-bond acceptors (Lipinski definition) is 2. The first kappa shape index (κ1) is 16.1. The van der Waals surface area contributed by atoms with Gasteiger partial charge in [-0.25, -0.2) is 0 Å². The van der Waals surface area contributed by atoms with Gasteiger partial charge in [0.05, 0.1) is 10.7 Å². The minimum absolute atomic E-state index is 0.0280. The van der Waals surface area contributed by atoms with Crippen molar-refractivity contribution >= 4 is 34.8 Å². The summed E-state index contributed by atoms with van der Waals surface area (Å²) in [4.78, 5) is 12.0. The maximum absolute atomic E-state index is 12.0. The lowest BCUT2D eigenvalue weighted by Gasteiger charge is -2.20. The zero-order valence-electron chi connectivity index (χ0n) is 11.5. The lowest BCUT2D eigenvalue weighted by atomic mass is 10.1. The van der Waals surface area contributed by atoms with E-state index in [1.165, 1.54) is 0 Å². The number of benzene rings is 1. The minimum atomic E-state index is -0.348. The van der Waals surface area contributed by atoms with Crippen LogP contribution in [-0.4, -0.2) is 18.0 Å². The average molecular weight is 303 g/mol. The van der Waals surface area contributed by atoms with Crippen LogP contribution < -0.4 is 10.6 Å². The van der Waals surface area contributed by atoms with E-state index in [1.807, 2.05) is 6.92 Å². The minimum Gasteiger partial charge on any atom is -0.373 e. The Morgan fingerprint density at radius 1 is 1.26 bits per heavy atom. The Kier molecular flexibility index (Phi) is 6.46. The third kappa shape index (κ3) is 4.92. The Balaban J connectivity index is 2.63. The molecule has 0 fully saturated rings. The fourth-order valence-corrected chi connectivity index (χ4v) is 2.19. The zero-order chi connectivity index (χ0) is 14.4. The van der Waals surface area contributed by atoms with Crippen molar-refractivity contribution in [1.82, 2.24) is 5.32 Å². The predicted molar refractivity (Wildman–Crippen MR) is 82.1 cm³/mol. The van der Waals surface area contributed by atoms with Gasteiger partial charge in [0, 0.05) is 11.1 Å². The van der Waals surface area contributed by atoms with E-state index in [0.717, 1.165) is 12.8 Å². The van der Waals surface area contributed by atoms with E-state index in [-0.39, 0.29) is 18.0 Å². The molecule has 0 aromatic heterocycles. The van der Waals surface area contributed by atoms with Crippen LogP contribution in [0.4, 0.5) is 5.69 Å². The Morgan fingerprint density at radius 2 is 1.89 bits per heavy atom. The maximum atomic E-state index is 12.0. The largest absolute Gasteiger partial charge is 0.373 e. The van der Waals surface area contributed by atoms with E-state index in [2.05, 4.69) is 24.5 Å². The third-order valence-corrected chi connectivity index (χ3v) is 3.58. The molecule has 0 aliphatic rings. The molecule has 0 bridgehead atoms. The lowest BCUT2D eigenvalue weighted by Crippen LogP contribution is -2.42. The Hall–Kier alpha value is -0.930. The number of anilines is 1. The molecule has 1 aromatic rings. The second-order valence-corrected chi connectivity index (χ2v) is 5.36. The van der Waals surface area contributed by atoms with E-state index in [0.29, 0.717) is 15.7 Å². The second-order valence-electron chi connectivity index (χ2n) is 4.51. The summed E-state index contributed by atoms with van der Waals surface area (Å²) in [6, 6.07) is 5.03. The van der Waals surface area contributed by atoms with Crippen molar-refractivity contribution in [1.29, 1.82) is 0 Å². The van der Waals surface area contributed by atoms with Gasteiger partial charge in [0.15, 0.2) is 0 Å². The van der Waals surface area contributed by atoms with E-state index in [1.54, 1.807) is 18.2 Å². The molecule has 0 aliphatic carbocycles. The molecule has 5 heteroatoms. The van der Waals surface area contributed by atoms with Gasteiger partial charge in [-0.1, -0.05) is 37.0 Å². The monoisotopic (exact) mass is 302 g/mol. The number of carbonyl (C=O) groups excluding carboxylic acids is 1. The smallest absolute Gasteiger partial charge is 0.242 e. The molecule has 106 valence electrons. The van der Waals surface area contributed by atoms with Gasteiger partial charge in [-0.2, -0.15) is 0 Å². The molecular formula is C14H20Cl2N2O. The highest BCUT2D eigenvalue weighted by Crippen LogP contribution is 2.25. The Labute approximate surface area is 124 Å². The van der Waals surface area contributed by atoms with Crippen LogP contribution in [0, 0.1) is 0 Å². The molecule has 1 unspecified atom stereocenters. The topological polar surface area (TPSA) is 41.1 Å². The number of halogens is 2. The van der Waals surface area contributed by atoms with Crippen LogP contribution in [0.3, 0.4) is 0 Å². The van der Waals surface area contributed by atoms with Gasteiger partial charge in [0.25, 0.3) is 0 Å². The molecule has 3 nitrogen and oxygen atoms in total. The normalized spacial score (nSPS) is 12.3. The number of carbonyl (C=O) groups is 1. The fourth-order valence-electron chi connectivity index (χ4n) is 1.72. The quantitative estimate of drug-likeness (QED) is 0.830. The number of nitrogens with one attached hydrogen (secondary N) is 2. The van der Waals surface area contributed by atoms with Crippen LogP contribution in [0.1, 0.15) is 33.6 Å². The average Bonchev–Trinajstić information content (AvgIpc) is 2.38. The molecule has 0 spiro atoms. The number of hydrogen-bond donors (Lipinski definition) is 2. The van der Waals surface area contributed by atoms with Crippen LogP contribution >= 0.6 is 23.2 Å². The van der Waals surface area contributed by atoms with Crippen LogP contribution in [0.25, 0.3) is 0 Å². The molecule has 0 heterocycles. The third-order valence-electron chi connectivity index (χ3n) is 3.03. The summed E-state index contributed by atoms with van der Waals surface area (Å²) < 4.78 is 0. The van der Waals surface area contributed by atoms with Crippen molar-refractivity contribution in [2.75, 3.05) is 5.32 Å². The summed E-state index contributed by atoms with van der Waals surface area (Å²) in [5.74, 6) is -0.0280. The van der Waals surface area contributed by atoms with E-state index in [4.69, 9.17) is 23.2 Å². The van der Waals surface area contributed by atoms with Gasteiger partial charge in [-0.15, -0.1) is 0 Å². The van der Waals surface area contributed by atoms with Crippen molar-refractivity contribution in [2.45, 2.75) is 45.7 Å². The van der Waals surface area contributed by atoms with Gasteiger partial charge in [0.1, 0.15) is 6.04 Å². The summed E-state index contributed by atoms with van der Waals surface area (Å²) in [6.45, 7) is 5.92. The Morgan fingerprint density at radius 3 is 2.42 bits per heavy atom. The van der Waals surface area contributed by atoms with Crippen molar-refractivity contribution in [3.05, 3.63) is 28.2 Å². The number of rotatable bonds is 6. The van der Waals surface area contributed by atoms with Gasteiger partial charge in [0.2, 0.25) is 5.91 Å². The molecule has 1 aromatic carbocycles. The standard InChI is InChI=1S/C14H20Cl2N2O/c1-4-11(5-2)18-14(19)9(3)17-13-7-6-10(15)8-12(13)16/h6-9,11,17H,4-5H2,1-3H3,(H,18,19). The van der Waals surface area contributed by atoms with Gasteiger partial charge < -0.3 is 10.6 Å². The van der Waals surface area contributed by atoms with Crippen LogP contribution in [0.5, 0.6) is 0 Å². The first-order chi connectivity index (χ1) is 8.97. The van der Waals surface area contributed by atoms with E-state index < -0.39 is 0 Å². The van der Waals surface area contributed by atoms with Crippen molar-refractivity contribution in [3.8, 4) is 0 Å². The molecule has 0 saturated carbocycles. The summed E-state index contributed by atoms with van der Waals surface area (Å²) in [5, 5.41) is 7.17. The predicted octanol–water partition coefficient (Wildman–Crippen LogP) is 4.10. The first-order valence-electron chi connectivity index (χ1n) is 6.49. The van der Waals surface area contributed by atoms with Crippen LogP contribution in [0.2, 0.25) is 10.0 Å². The molecule has 2 N–H and O–H groups in total. The molecule has 0 aliphatic heterocycles. The second kappa shape index (κ2) is 7.61. The van der Waals surface area contributed by atoms with Gasteiger partial charge >= 0.3 is 0 Å². The van der Waals surface area contributed by atoms with Crippen LogP contribution in [0.15, 0.2) is 18.2 Å². The summed E-state index contributed by atoms with van der Waals surface area (Å²) in [5.41, 5.74) is 0.707. The highest BCUT2D eigenvalue weighted by molar-refractivity contribution is 6.36. The SMILES string of the molecule is CCC(CC)NC(=O)C(C)Nc1ccc(Cl)cc1Cl. The Bertz CT molecular complexity index is 433. The summed E-state index contributed by atoms with van der Waals surface area (Å²) in [7, 11) is 0. The van der Waals surface area contributed by atoms with Crippen molar-refractivity contribution < 1.29 is 4.79 Å². The fraction of sp³-hybridized carbons (Fsp3) is 0.500. The van der Waals surface area contributed by atoms with Gasteiger partial charge in [-0.05, 0) is 38.0 Å². The highest BCUT2D eigenvalue weighted by Gasteiger charge is 2.16. The summed E-state index contributed by atoms with van der Waals surface area (Å²) >= 11 is 11.9. The zero-order valence-corrected chi connectivity index (χ0v) is 13.0. The summed E-state index contributed by atoms with van der Waals surface area (Å²) in [6.07, 6.45) is 1.85. The first-order valence-corrected chi connectivity index (χ1v) is 7.25. The van der Waals surface area contributed by atoms with E-state index in [9.17, 15) is 4.79 Å². The number of amides is 1. The van der Waals surface area contributed by atoms with Crippen LogP contribution in [-0.2, 0) is 4.79 Å².